The largest absolute Gasteiger partial charge is 0.478 e. The van der Waals surface area contributed by atoms with Crippen molar-refractivity contribution in [2.45, 2.75) is 165 Å². The molecule has 10 rings (SSSR count). The zero-order chi connectivity index (χ0) is 73.4. The third-order valence-electron chi connectivity index (χ3n) is 14.7. The highest BCUT2D eigenvalue weighted by Crippen LogP contribution is 2.38. The molecule has 0 saturated carbocycles. The highest BCUT2D eigenvalue weighted by molar-refractivity contribution is 7.90. The molecule has 1 aromatic heterocycles. The first-order chi connectivity index (χ1) is 46.2. The van der Waals surface area contributed by atoms with E-state index in [-0.39, 0.29) is 129 Å². The van der Waals surface area contributed by atoms with Crippen molar-refractivity contribution in [2.24, 2.45) is 0 Å². The summed E-state index contributed by atoms with van der Waals surface area (Å²) in [6.45, 7) is 21.6. The Bertz CT molecular complexity index is 4640. The first-order valence-corrected chi connectivity index (χ1v) is 38.5. The Morgan fingerprint density at radius 1 is 0.596 bits per heavy atom. The number of aromatic carboxylic acids is 1. The molecule has 534 valence electrons. The van der Waals surface area contributed by atoms with Crippen molar-refractivity contribution in [3.63, 3.8) is 0 Å². The normalized spacial score (nSPS) is 15.8. The lowest BCUT2D eigenvalue weighted by Gasteiger charge is -2.37. The number of anilines is 5. The Balaban J connectivity index is 0.000000186. The van der Waals surface area contributed by atoms with Gasteiger partial charge in [-0.05, 0) is 179 Å². The smallest absolute Gasteiger partial charge is 0.337 e. The summed E-state index contributed by atoms with van der Waals surface area (Å²) in [6.07, 6.45) is 2.54. The van der Waals surface area contributed by atoms with E-state index in [1.54, 1.807) is 72.4 Å². The fourth-order valence-corrected chi connectivity index (χ4v) is 17.7. The number of furan rings is 1. The molecule has 99 heavy (non-hydrogen) atoms. The summed E-state index contributed by atoms with van der Waals surface area (Å²) in [5.74, 6) is -1.65. The van der Waals surface area contributed by atoms with Crippen LogP contribution in [-0.2, 0) is 53.1 Å². The number of halogens is 4. The van der Waals surface area contributed by atoms with Crippen LogP contribution in [0.1, 0.15) is 141 Å². The summed E-state index contributed by atoms with van der Waals surface area (Å²) >= 11 is 24.4. The third-order valence-corrected chi connectivity index (χ3v) is 23.2. The maximum absolute atomic E-state index is 13.2. The van der Waals surface area contributed by atoms with Crippen LogP contribution in [0.4, 0.5) is 28.4 Å². The Kier molecular flexibility index (Phi) is 26.2. The lowest BCUT2D eigenvalue weighted by Crippen LogP contribution is -2.47. The molecule has 6 aromatic carbocycles. The van der Waals surface area contributed by atoms with Crippen molar-refractivity contribution in [3.8, 4) is 0 Å². The van der Waals surface area contributed by atoms with Gasteiger partial charge in [0.05, 0.1) is 84.5 Å². The van der Waals surface area contributed by atoms with Crippen LogP contribution in [0.15, 0.2) is 146 Å². The van der Waals surface area contributed by atoms with Crippen LogP contribution < -0.4 is 55.5 Å². The molecular weight excluding hydrogens is 1440 g/mol. The molecule has 3 amide bonds. The Morgan fingerprint density at radius 3 is 1.61 bits per heavy atom. The summed E-state index contributed by atoms with van der Waals surface area (Å²) in [6, 6.07) is 29.9. The van der Waals surface area contributed by atoms with Crippen LogP contribution in [0.2, 0.25) is 20.1 Å². The number of carboxylic acids is 1. The van der Waals surface area contributed by atoms with E-state index in [1.165, 1.54) is 54.8 Å². The number of amides is 3. The van der Waals surface area contributed by atoms with Gasteiger partial charge in [-0.15, -0.1) is 0 Å². The first-order valence-electron chi connectivity index (χ1n) is 31.1. The number of carbonyl (C=O) groups excluding carboxylic acids is 3. The van der Waals surface area contributed by atoms with Gasteiger partial charge in [0.2, 0.25) is 40.1 Å². The van der Waals surface area contributed by atoms with E-state index in [4.69, 9.17) is 50.8 Å². The molecule has 3 aliphatic rings. The maximum Gasteiger partial charge on any atom is 0.337 e. The standard InChI is InChI=1S/2C19H22ClN3O3S.C15H17ClN2O5S.C13H18ClN3O3S/c1-11(2)22-27(25,26)18-9-14-16(10-15(18)20)21-13(4)23(19(14)24)17-8-6-5-7-12(17)3;1-12(2)22-27(25,26)18-11-15(8-9-16(18)20)19(24)21-23-13(3)10-14-6-4-5-7-17(14)23;1-9(2)18-24(21,22)14-6-11(15(19)20)13(7-12(14)16)17-8-10-4-3-5-23-10;1-4-12-15-10-6-9(14)11(5-8(10)13(18)16-12)21(19,20)17-7(2)3/h5-11,13,21-22H,1-4H3;4-9,11-13,22H,10H2,1-3H3,(H,21,24);3-7,9,17-18H,8H2,1-2H3,(H,19,20);5-7,12,15,17H,4H2,1-3H3,(H,16,18). The first kappa shape index (κ1) is 78.8. The van der Waals surface area contributed by atoms with Crippen molar-refractivity contribution in [1.29, 1.82) is 0 Å². The van der Waals surface area contributed by atoms with E-state index in [2.05, 4.69) is 45.6 Å². The zero-order valence-corrected chi connectivity index (χ0v) is 62.3. The van der Waals surface area contributed by atoms with E-state index < -0.39 is 52.0 Å². The topological polar surface area (TPSA) is 353 Å². The molecule has 33 heteroatoms. The maximum atomic E-state index is 13.2. The summed E-state index contributed by atoms with van der Waals surface area (Å²) in [5, 5.41) is 23.3. The molecule has 4 heterocycles. The minimum absolute atomic E-state index is 0.0683. The number of nitrogens with one attached hydrogen (secondary N) is 9. The lowest BCUT2D eigenvalue weighted by molar-refractivity contribution is 0.0696. The molecule has 0 spiro atoms. The second-order valence-electron chi connectivity index (χ2n) is 24.3. The molecule has 0 radical (unpaired) electrons. The molecule has 7 aromatic rings. The van der Waals surface area contributed by atoms with Crippen LogP contribution >= 0.6 is 46.4 Å². The van der Waals surface area contributed by atoms with Crippen molar-refractivity contribution >= 4 is 139 Å². The predicted octanol–water partition coefficient (Wildman–Crippen LogP) is 11.7. The highest BCUT2D eigenvalue weighted by atomic mass is 35.5. The van der Waals surface area contributed by atoms with E-state index in [0.29, 0.717) is 23.6 Å². The van der Waals surface area contributed by atoms with Crippen LogP contribution in [0.3, 0.4) is 0 Å². The predicted molar refractivity (Wildman–Crippen MR) is 386 cm³/mol. The fourth-order valence-electron chi connectivity index (χ4n) is 10.5. The molecule has 3 unspecified atom stereocenters. The summed E-state index contributed by atoms with van der Waals surface area (Å²) in [4.78, 5) is 50.5. The summed E-state index contributed by atoms with van der Waals surface area (Å²) in [5.41, 5.74) is 8.53. The molecule has 3 aliphatic heterocycles. The SMILES string of the molecule is CC(C)NS(=O)(=O)c1cc(C(=O)NN2c3ccccc3CC2C)ccc1Cl.CC(C)NS(=O)(=O)c1cc(C(=O)O)c(NCc2ccco2)cc1Cl.CCC1NC(=O)c2cc(S(=O)(=O)NC(C)C)c(Cl)cc2N1.Cc1ccccc1N1C(=O)c2cc(S(=O)(=O)NC(C)C)c(Cl)cc2NC1C. The number of benzene rings is 6. The van der Waals surface area contributed by atoms with E-state index in [0.717, 1.165) is 35.0 Å². The minimum Gasteiger partial charge on any atom is -0.478 e. The van der Waals surface area contributed by atoms with Crippen LogP contribution in [0, 0.1) is 6.92 Å². The zero-order valence-electron chi connectivity index (χ0n) is 56.0. The average molecular weight is 1520 g/mol. The van der Waals surface area contributed by atoms with Crippen LogP contribution in [-0.4, -0.2) is 105 Å². The molecule has 0 aliphatic carbocycles. The van der Waals surface area contributed by atoms with E-state index in [1.807, 2.05) is 81.2 Å². The summed E-state index contributed by atoms with van der Waals surface area (Å²) in [7, 11) is -15.3. The number of aryl methyl sites for hydroxylation is 1. The van der Waals surface area contributed by atoms with E-state index in [9.17, 15) is 58.0 Å². The average Bonchev–Trinajstić information content (AvgIpc) is 1.55. The number of hydrogen-bond acceptors (Lipinski definition) is 17. The molecule has 0 saturated heterocycles. The number of carboxylic acid groups (broad SMARTS) is 1. The Labute approximate surface area is 597 Å². The van der Waals surface area contributed by atoms with Crippen molar-refractivity contribution in [2.75, 3.05) is 25.9 Å². The highest BCUT2D eigenvalue weighted by Gasteiger charge is 2.35. The summed E-state index contributed by atoms with van der Waals surface area (Å²) < 4.78 is 114. The number of para-hydroxylation sites is 2. The number of rotatable bonds is 20. The quantitative estimate of drug-likeness (QED) is 0.0339. The second-order valence-corrected chi connectivity index (χ2v) is 32.7. The number of hydrazine groups is 1. The van der Waals surface area contributed by atoms with Gasteiger partial charge >= 0.3 is 5.97 Å². The Morgan fingerprint density at radius 2 is 1.09 bits per heavy atom. The molecule has 25 nitrogen and oxygen atoms in total. The second kappa shape index (κ2) is 32.9. The number of carbonyl (C=O) groups is 4. The van der Waals surface area contributed by atoms with Gasteiger partial charge in [-0.3, -0.25) is 29.7 Å². The molecular formula is C66H79Cl4N11O14S4. The van der Waals surface area contributed by atoms with Crippen molar-refractivity contribution < 1.29 is 62.4 Å². The van der Waals surface area contributed by atoms with Gasteiger partial charge in [0.15, 0.2) is 0 Å². The van der Waals surface area contributed by atoms with Gasteiger partial charge in [-0.1, -0.05) is 89.7 Å². The van der Waals surface area contributed by atoms with Gasteiger partial charge in [-0.2, -0.15) is 0 Å². The van der Waals surface area contributed by atoms with Gasteiger partial charge in [0.25, 0.3) is 17.7 Å². The van der Waals surface area contributed by atoms with Crippen molar-refractivity contribution in [3.05, 3.63) is 181 Å². The number of nitrogens with zero attached hydrogens (tertiary/aromatic N) is 2. The minimum atomic E-state index is -3.91. The Hall–Kier alpha value is -7.52. The number of sulfonamides is 4. The van der Waals surface area contributed by atoms with E-state index >= 15 is 0 Å². The van der Waals surface area contributed by atoms with Crippen LogP contribution in [0.25, 0.3) is 0 Å². The lowest BCUT2D eigenvalue weighted by atomic mass is 10.1. The number of fused-ring (bicyclic) bond motifs is 3. The number of hydrogen-bond donors (Lipinski definition) is 10. The monoisotopic (exact) mass is 1520 g/mol. The van der Waals surface area contributed by atoms with Gasteiger partial charge in [0.1, 0.15) is 31.5 Å². The van der Waals surface area contributed by atoms with Gasteiger partial charge in [-0.25, -0.2) is 57.4 Å². The molecule has 0 fully saturated rings. The molecule has 0 bridgehead atoms. The van der Waals surface area contributed by atoms with Gasteiger partial charge in [0, 0.05) is 35.4 Å². The van der Waals surface area contributed by atoms with Crippen molar-refractivity contribution in [1.82, 2.24) is 29.6 Å². The van der Waals surface area contributed by atoms with Gasteiger partial charge < -0.3 is 30.8 Å². The van der Waals surface area contributed by atoms with Crippen LogP contribution in [0.5, 0.6) is 0 Å². The third kappa shape index (κ3) is 19.7. The molecule has 10 N–H and O–H groups in total. The fraction of sp³-hybridized carbons (Fsp3) is 0.333. The molecule has 3 atom stereocenters.